The van der Waals surface area contributed by atoms with E-state index in [2.05, 4.69) is 6.07 Å². The van der Waals surface area contributed by atoms with Crippen molar-refractivity contribution in [2.24, 2.45) is 0 Å². The first-order valence-corrected chi connectivity index (χ1v) is 6.17. The standard InChI is InChI=1S/C15H11ClN2O2/c1-18(12-4-2-3-10(7-12)9-17)14-8-11(16)5-6-13(14)15(19)20/h2-8H,1H3,(H,19,20). The van der Waals surface area contributed by atoms with Crippen molar-refractivity contribution < 1.29 is 9.90 Å². The van der Waals surface area contributed by atoms with Gasteiger partial charge in [0.1, 0.15) is 0 Å². The fourth-order valence-corrected chi connectivity index (χ4v) is 2.05. The quantitative estimate of drug-likeness (QED) is 0.935. The summed E-state index contributed by atoms with van der Waals surface area (Å²) < 4.78 is 0. The van der Waals surface area contributed by atoms with Gasteiger partial charge in [0.25, 0.3) is 0 Å². The fourth-order valence-electron chi connectivity index (χ4n) is 1.89. The molecule has 0 saturated carbocycles. The van der Waals surface area contributed by atoms with Crippen LogP contribution in [-0.4, -0.2) is 18.1 Å². The average Bonchev–Trinajstić information content (AvgIpc) is 2.46. The van der Waals surface area contributed by atoms with Crippen LogP contribution in [0, 0.1) is 11.3 Å². The lowest BCUT2D eigenvalue weighted by molar-refractivity contribution is 0.0697. The Bertz CT molecular complexity index is 707. The molecule has 0 heterocycles. The zero-order valence-electron chi connectivity index (χ0n) is 10.7. The molecule has 2 rings (SSSR count). The second-order valence-corrected chi connectivity index (χ2v) is 4.62. The molecule has 0 aliphatic rings. The maximum atomic E-state index is 11.3. The molecule has 0 unspecified atom stereocenters. The van der Waals surface area contributed by atoms with E-state index in [1.165, 1.54) is 12.1 Å². The number of hydrogen-bond acceptors (Lipinski definition) is 3. The van der Waals surface area contributed by atoms with E-state index in [0.29, 0.717) is 22.0 Å². The van der Waals surface area contributed by atoms with E-state index in [-0.39, 0.29) is 5.56 Å². The topological polar surface area (TPSA) is 64.3 Å². The molecular weight excluding hydrogens is 276 g/mol. The maximum Gasteiger partial charge on any atom is 0.337 e. The molecule has 0 bridgehead atoms. The van der Waals surface area contributed by atoms with Crippen LogP contribution >= 0.6 is 11.6 Å². The summed E-state index contributed by atoms with van der Waals surface area (Å²) in [5, 5.41) is 18.6. The van der Waals surface area contributed by atoms with Gasteiger partial charge < -0.3 is 10.0 Å². The van der Waals surface area contributed by atoms with Gasteiger partial charge in [0.05, 0.1) is 22.9 Å². The normalized spacial score (nSPS) is 9.85. The highest BCUT2D eigenvalue weighted by atomic mass is 35.5. The van der Waals surface area contributed by atoms with Crippen molar-refractivity contribution in [3.63, 3.8) is 0 Å². The average molecular weight is 287 g/mol. The molecular formula is C15H11ClN2O2. The van der Waals surface area contributed by atoms with Gasteiger partial charge in [-0.25, -0.2) is 4.79 Å². The van der Waals surface area contributed by atoms with Gasteiger partial charge >= 0.3 is 5.97 Å². The highest BCUT2D eigenvalue weighted by molar-refractivity contribution is 6.31. The molecule has 2 aromatic rings. The number of halogens is 1. The minimum Gasteiger partial charge on any atom is -0.478 e. The highest BCUT2D eigenvalue weighted by Gasteiger charge is 2.15. The monoisotopic (exact) mass is 286 g/mol. The van der Waals surface area contributed by atoms with Crippen molar-refractivity contribution in [3.05, 3.63) is 58.6 Å². The molecule has 2 aromatic carbocycles. The van der Waals surface area contributed by atoms with Gasteiger partial charge in [-0.1, -0.05) is 17.7 Å². The van der Waals surface area contributed by atoms with E-state index < -0.39 is 5.97 Å². The van der Waals surface area contributed by atoms with Crippen LogP contribution in [0.3, 0.4) is 0 Å². The number of carbonyl (C=O) groups is 1. The van der Waals surface area contributed by atoms with Crippen molar-refractivity contribution in [1.82, 2.24) is 0 Å². The molecule has 20 heavy (non-hydrogen) atoms. The Kier molecular flexibility index (Phi) is 3.92. The molecule has 0 amide bonds. The van der Waals surface area contributed by atoms with Gasteiger partial charge in [-0.15, -0.1) is 0 Å². The fraction of sp³-hybridized carbons (Fsp3) is 0.0667. The lowest BCUT2D eigenvalue weighted by Gasteiger charge is -2.21. The molecule has 0 aromatic heterocycles. The summed E-state index contributed by atoms with van der Waals surface area (Å²) in [4.78, 5) is 13.0. The molecule has 5 heteroatoms. The number of nitriles is 1. The Balaban J connectivity index is 2.52. The molecule has 100 valence electrons. The lowest BCUT2D eigenvalue weighted by atomic mass is 10.1. The Morgan fingerprint density at radius 1 is 1.30 bits per heavy atom. The molecule has 4 nitrogen and oxygen atoms in total. The summed E-state index contributed by atoms with van der Waals surface area (Å²) in [6, 6.07) is 13.6. The largest absolute Gasteiger partial charge is 0.478 e. The summed E-state index contributed by atoms with van der Waals surface area (Å²) in [6.45, 7) is 0. The van der Waals surface area contributed by atoms with Crippen LogP contribution in [0.5, 0.6) is 0 Å². The smallest absolute Gasteiger partial charge is 0.337 e. The summed E-state index contributed by atoms with van der Waals surface area (Å²) in [6.07, 6.45) is 0. The number of carboxylic acid groups (broad SMARTS) is 1. The van der Waals surface area contributed by atoms with Gasteiger partial charge in [-0.2, -0.15) is 5.26 Å². The van der Waals surface area contributed by atoms with Crippen LogP contribution in [0.1, 0.15) is 15.9 Å². The van der Waals surface area contributed by atoms with Crippen molar-refractivity contribution >= 4 is 28.9 Å². The lowest BCUT2D eigenvalue weighted by Crippen LogP contribution is -2.14. The first kappa shape index (κ1) is 13.9. The maximum absolute atomic E-state index is 11.3. The summed E-state index contributed by atoms with van der Waals surface area (Å²) in [7, 11) is 1.73. The van der Waals surface area contributed by atoms with Crippen LogP contribution in [0.25, 0.3) is 0 Å². The molecule has 0 radical (unpaired) electrons. The Morgan fingerprint density at radius 2 is 2.05 bits per heavy atom. The molecule has 0 saturated heterocycles. The molecule has 0 spiro atoms. The first-order valence-electron chi connectivity index (χ1n) is 5.79. The van der Waals surface area contributed by atoms with E-state index in [1.54, 1.807) is 42.3 Å². The van der Waals surface area contributed by atoms with Crippen LogP contribution in [0.15, 0.2) is 42.5 Å². The highest BCUT2D eigenvalue weighted by Crippen LogP contribution is 2.30. The Morgan fingerprint density at radius 3 is 2.70 bits per heavy atom. The van der Waals surface area contributed by atoms with Crippen LogP contribution in [0.2, 0.25) is 5.02 Å². The third-order valence-corrected chi connectivity index (χ3v) is 3.15. The Labute approximate surface area is 121 Å². The second-order valence-electron chi connectivity index (χ2n) is 4.19. The van der Waals surface area contributed by atoms with Crippen molar-refractivity contribution in [2.75, 3.05) is 11.9 Å². The molecule has 0 fully saturated rings. The predicted molar refractivity (Wildman–Crippen MR) is 77.6 cm³/mol. The summed E-state index contributed by atoms with van der Waals surface area (Å²) in [5.41, 5.74) is 1.85. The van der Waals surface area contributed by atoms with Gasteiger partial charge in [-0.3, -0.25) is 0 Å². The van der Waals surface area contributed by atoms with Crippen molar-refractivity contribution in [3.8, 4) is 6.07 Å². The Hall–Kier alpha value is -2.51. The van der Waals surface area contributed by atoms with Gasteiger partial charge in [0, 0.05) is 17.8 Å². The number of aromatic carboxylic acids is 1. The minimum absolute atomic E-state index is 0.152. The molecule has 0 aliphatic carbocycles. The number of anilines is 2. The van der Waals surface area contributed by atoms with Crippen LogP contribution in [0.4, 0.5) is 11.4 Å². The predicted octanol–water partition coefficient (Wildman–Crippen LogP) is 3.68. The van der Waals surface area contributed by atoms with Gasteiger partial charge in [0.2, 0.25) is 0 Å². The number of carboxylic acids is 1. The number of rotatable bonds is 3. The third-order valence-electron chi connectivity index (χ3n) is 2.91. The zero-order chi connectivity index (χ0) is 14.7. The number of hydrogen-bond donors (Lipinski definition) is 1. The van der Waals surface area contributed by atoms with Crippen molar-refractivity contribution in [1.29, 1.82) is 5.26 Å². The second kappa shape index (κ2) is 5.64. The molecule has 0 aliphatic heterocycles. The number of benzene rings is 2. The molecule has 1 N–H and O–H groups in total. The third kappa shape index (κ3) is 2.73. The van der Waals surface area contributed by atoms with E-state index in [0.717, 1.165) is 0 Å². The minimum atomic E-state index is -1.03. The van der Waals surface area contributed by atoms with E-state index in [9.17, 15) is 9.90 Å². The van der Waals surface area contributed by atoms with E-state index in [1.807, 2.05) is 0 Å². The van der Waals surface area contributed by atoms with Gasteiger partial charge in [-0.05, 0) is 36.4 Å². The van der Waals surface area contributed by atoms with E-state index in [4.69, 9.17) is 16.9 Å². The zero-order valence-corrected chi connectivity index (χ0v) is 11.4. The first-order chi connectivity index (χ1) is 9.52. The van der Waals surface area contributed by atoms with Gasteiger partial charge in [0.15, 0.2) is 0 Å². The molecule has 0 atom stereocenters. The van der Waals surface area contributed by atoms with Crippen LogP contribution in [-0.2, 0) is 0 Å². The van der Waals surface area contributed by atoms with Crippen molar-refractivity contribution in [2.45, 2.75) is 0 Å². The summed E-state index contributed by atoms with van der Waals surface area (Å²) >= 11 is 5.94. The summed E-state index contributed by atoms with van der Waals surface area (Å²) in [5.74, 6) is -1.03. The van der Waals surface area contributed by atoms with Crippen LogP contribution < -0.4 is 4.90 Å². The number of nitrogens with zero attached hydrogens (tertiary/aromatic N) is 2. The van der Waals surface area contributed by atoms with E-state index >= 15 is 0 Å². The SMILES string of the molecule is CN(c1cccc(C#N)c1)c1cc(Cl)ccc1C(=O)O.